The van der Waals surface area contributed by atoms with E-state index in [0.717, 1.165) is 63.4 Å². The number of aliphatic hydroxyl groups excluding tert-OH is 4. The van der Waals surface area contributed by atoms with Gasteiger partial charge in [-0.1, -0.05) is 46.6 Å². The number of hydrogen-bond donors (Lipinski definition) is 9. The van der Waals surface area contributed by atoms with Gasteiger partial charge in [-0.3, -0.25) is 0 Å². The van der Waals surface area contributed by atoms with Crippen molar-refractivity contribution < 1.29 is 55.4 Å². The van der Waals surface area contributed by atoms with E-state index in [2.05, 4.69) is 45.9 Å². The van der Waals surface area contributed by atoms with Gasteiger partial charge >= 0.3 is 0 Å². The summed E-state index contributed by atoms with van der Waals surface area (Å²) in [5.74, 6) is 0. The smallest absolute Gasteiger partial charge is 0.187 e. The molecule has 1 aliphatic rings. The van der Waals surface area contributed by atoms with Gasteiger partial charge in [-0.25, -0.2) is 0 Å². The fraction of sp³-hybridized carbons (Fsp3) is 0.843. The second-order valence-corrected chi connectivity index (χ2v) is 20.8. The number of hydrogen-bond acceptors (Lipinski definition) is 11. The number of aliphatic hydroxyl groups is 9. The van der Waals surface area contributed by atoms with Crippen molar-refractivity contribution in [3.8, 4) is 0 Å². The third kappa shape index (κ3) is 27.1. The van der Waals surface area contributed by atoms with Crippen molar-refractivity contribution in [2.24, 2.45) is 0 Å². The van der Waals surface area contributed by atoms with E-state index >= 15 is 0 Å². The van der Waals surface area contributed by atoms with Gasteiger partial charge < -0.3 is 55.4 Å². The molecule has 1 fully saturated rings. The molecule has 1 aliphatic heterocycles. The van der Waals surface area contributed by atoms with Gasteiger partial charge in [0.15, 0.2) is 6.29 Å². The first kappa shape index (κ1) is 58.5. The SMILES string of the molecule is CC(C)=CCC[C@@](C)(O)CCC[C@@](C)(O)CCC[C@@](C)(O)CCC[C@@](C)(O)CCC[C@@](C)(O)CCC/C(C)=C/CC/C(C)=C/CC/C(C)=C/CO[C@@H]1O[C@H](CO)[C@@H](O)[C@H](O)[C@H]1O. The Hall–Kier alpha value is -1.48. The highest BCUT2D eigenvalue weighted by atomic mass is 16.7. The molecule has 0 bridgehead atoms. The van der Waals surface area contributed by atoms with Crippen LogP contribution in [0.4, 0.5) is 0 Å². The van der Waals surface area contributed by atoms with Gasteiger partial charge in [0, 0.05) is 0 Å². The summed E-state index contributed by atoms with van der Waals surface area (Å²) >= 11 is 0. The summed E-state index contributed by atoms with van der Waals surface area (Å²) in [5, 5.41) is 94.1. The van der Waals surface area contributed by atoms with Crippen LogP contribution in [0.15, 0.2) is 46.6 Å². The molecule has 9 N–H and O–H groups in total. The third-order valence-electron chi connectivity index (χ3n) is 12.8. The standard InChI is InChI=1S/C51H94O11/c1-38(2)19-13-26-47(6,56)28-15-30-49(8,58)32-17-34-51(10,60)35-18-33-50(9,59)31-16-29-48(7,57)27-14-24-40(4)22-11-20-39(3)21-12-23-41(5)25-36-61-46-45(55)44(54)43(53)42(37-52)62-46/h19,21-22,25,42-46,52-60H,11-18,20,23-24,26-37H2,1-10H3/b39-21+,40-22+,41-25+/t42-,43-,44+,45-,46-,47-,48+,49-,50+,51-/m1/s1. The lowest BCUT2D eigenvalue weighted by molar-refractivity contribution is -0.298. The van der Waals surface area contributed by atoms with Crippen molar-refractivity contribution in [2.75, 3.05) is 13.2 Å². The van der Waals surface area contributed by atoms with Crippen LogP contribution < -0.4 is 0 Å². The van der Waals surface area contributed by atoms with Crippen molar-refractivity contribution in [3.05, 3.63) is 46.6 Å². The van der Waals surface area contributed by atoms with Crippen LogP contribution in [-0.2, 0) is 9.47 Å². The van der Waals surface area contributed by atoms with Crippen LogP contribution >= 0.6 is 0 Å². The minimum atomic E-state index is -1.45. The molecule has 364 valence electrons. The van der Waals surface area contributed by atoms with E-state index in [9.17, 15) is 46.0 Å². The average molecular weight is 883 g/mol. The molecule has 0 spiro atoms. The molecule has 0 amide bonds. The van der Waals surface area contributed by atoms with E-state index in [-0.39, 0.29) is 6.61 Å². The lowest BCUT2D eigenvalue weighted by Crippen LogP contribution is -2.59. The number of rotatable bonds is 33. The van der Waals surface area contributed by atoms with E-state index in [1.807, 2.05) is 47.6 Å². The van der Waals surface area contributed by atoms with Crippen LogP contribution in [0.5, 0.6) is 0 Å². The molecule has 0 aliphatic carbocycles. The highest BCUT2D eigenvalue weighted by Crippen LogP contribution is 2.31. The predicted octanol–water partition coefficient (Wildman–Crippen LogP) is 8.56. The lowest BCUT2D eigenvalue weighted by atomic mass is 9.84. The first-order chi connectivity index (χ1) is 28.7. The monoisotopic (exact) mass is 883 g/mol. The Kier molecular flexibility index (Phi) is 26.9. The summed E-state index contributed by atoms with van der Waals surface area (Å²) in [4.78, 5) is 0. The molecule has 62 heavy (non-hydrogen) atoms. The molecule has 0 unspecified atom stereocenters. The van der Waals surface area contributed by atoms with Crippen LogP contribution in [-0.4, -0.2) is 118 Å². The Balaban J connectivity index is 2.28. The van der Waals surface area contributed by atoms with Crippen molar-refractivity contribution in [2.45, 2.75) is 263 Å². The Bertz CT molecular complexity index is 1350. The van der Waals surface area contributed by atoms with E-state index in [0.29, 0.717) is 77.0 Å². The molecule has 0 radical (unpaired) electrons. The zero-order valence-corrected chi connectivity index (χ0v) is 40.8. The highest BCUT2D eigenvalue weighted by Gasteiger charge is 2.44. The van der Waals surface area contributed by atoms with Crippen LogP contribution in [0.3, 0.4) is 0 Å². The van der Waals surface area contributed by atoms with Crippen LogP contribution in [0.2, 0.25) is 0 Å². The minimum Gasteiger partial charge on any atom is -0.394 e. The summed E-state index contributed by atoms with van der Waals surface area (Å²) in [7, 11) is 0. The summed E-state index contributed by atoms with van der Waals surface area (Å²) in [6.45, 7) is 19.4. The van der Waals surface area contributed by atoms with Gasteiger partial charge in [0.1, 0.15) is 24.4 Å². The van der Waals surface area contributed by atoms with Crippen LogP contribution in [0.1, 0.15) is 204 Å². The number of ether oxygens (including phenoxy) is 2. The summed E-state index contributed by atoms with van der Waals surface area (Å²) in [6, 6.07) is 0. The molecule has 1 saturated heterocycles. The van der Waals surface area contributed by atoms with Gasteiger partial charge in [-0.15, -0.1) is 0 Å². The van der Waals surface area contributed by atoms with E-state index < -0.39 is 65.3 Å². The Labute approximate surface area is 377 Å². The predicted molar refractivity (Wildman–Crippen MR) is 250 cm³/mol. The maximum absolute atomic E-state index is 11.1. The van der Waals surface area contributed by atoms with E-state index in [4.69, 9.17) is 9.47 Å². The topological polar surface area (TPSA) is 201 Å². The normalized spacial score (nSPS) is 25.3. The van der Waals surface area contributed by atoms with Crippen molar-refractivity contribution >= 4 is 0 Å². The lowest BCUT2D eigenvalue weighted by Gasteiger charge is -2.39. The van der Waals surface area contributed by atoms with Crippen LogP contribution in [0.25, 0.3) is 0 Å². The van der Waals surface area contributed by atoms with E-state index in [1.54, 1.807) is 0 Å². The molecular weight excluding hydrogens is 789 g/mol. The average Bonchev–Trinajstić information content (AvgIpc) is 3.13. The Morgan fingerprint density at radius 2 is 0.839 bits per heavy atom. The largest absolute Gasteiger partial charge is 0.394 e. The summed E-state index contributed by atoms with van der Waals surface area (Å²) < 4.78 is 10.9. The molecule has 0 aromatic carbocycles. The maximum Gasteiger partial charge on any atom is 0.187 e. The van der Waals surface area contributed by atoms with Gasteiger partial charge in [0.25, 0.3) is 0 Å². The van der Waals surface area contributed by atoms with Crippen LogP contribution in [0, 0.1) is 0 Å². The zero-order chi connectivity index (χ0) is 47.2. The first-order valence-corrected chi connectivity index (χ1v) is 23.8. The van der Waals surface area contributed by atoms with Gasteiger partial charge in [0.2, 0.25) is 0 Å². The third-order valence-corrected chi connectivity index (χ3v) is 12.8. The molecule has 1 heterocycles. The van der Waals surface area contributed by atoms with Gasteiger partial charge in [-0.2, -0.15) is 0 Å². The van der Waals surface area contributed by atoms with Crippen molar-refractivity contribution in [1.29, 1.82) is 0 Å². The summed E-state index contributed by atoms with van der Waals surface area (Å²) in [5.41, 5.74) is 0.929. The fourth-order valence-corrected chi connectivity index (χ4v) is 8.33. The Morgan fingerprint density at radius 3 is 1.24 bits per heavy atom. The van der Waals surface area contributed by atoms with Crippen molar-refractivity contribution in [1.82, 2.24) is 0 Å². The molecule has 1 rings (SSSR count). The van der Waals surface area contributed by atoms with Gasteiger partial charge in [0.05, 0.1) is 41.2 Å². The molecule has 0 aromatic heterocycles. The first-order valence-electron chi connectivity index (χ1n) is 23.8. The quantitative estimate of drug-likeness (QED) is 0.0286. The second kappa shape index (κ2) is 28.5. The second-order valence-electron chi connectivity index (χ2n) is 20.8. The highest BCUT2D eigenvalue weighted by molar-refractivity contribution is 5.06. The fourth-order valence-electron chi connectivity index (χ4n) is 8.33. The molecular formula is C51H94O11. The number of allylic oxidation sites excluding steroid dienone is 7. The van der Waals surface area contributed by atoms with Crippen molar-refractivity contribution in [3.63, 3.8) is 0 Å². The summed E-state index contributed by atoms with van der Waals surface area (Å²) in [6.07, 6.45) is 17.7. The molecule has 0 aromatic rings. The Morgan fingerprint density at radius 1 is 0.468 bits per heavy atom. The van der Waals surface area contributed by atoms with E-state index in [1.165, 1.54) is 16.7 Å². The van der Waals surface area contributed by atoms with Gasteiger partial charge in [-0.05, 0) is 204 Å². The molecule has 0 saturated carbocycles. The molecule has 11 nitrogen and oxygen atoms in total. The molecule has 10 atom stereocenters. The zero-order valence-electron chi connectivity index (χ0n) is 40.8. The molecule has 11 heteroatoms. The maximum atomic E-state index is 11.1. The minimum absolute atomic E-state index is 0.173.